The molecule has 0 radical (unpaired) electrons. The van der Waals surface area contributed by atoms with E-state index in [1.807, 2.05) is 0 Å². The Morgan fingerprint density at radius 2 is 2.09 bits per heavy atom. The zero-order valence-corrected chi connectivity index (χ0v) is 13.1. The van der Waals surface area contributed by atoms with Gasteiger partial charge in [0.15, 0.2) is 0 Å². The lowest BCUT2D eigenvalue weighted by atomic mass is 9.68. The number of amides is 1. The van der Waals surface area contributed by atoms with Crippen LogP contribution in [0.2, 0.25) is 0 Å². The van der Waals surface area contributed by atoms with E-state index >= 15 is 0 Å². The summed E-state index contributed by atoms with van der Waals surface area (Å²) in [6, 6.07) is 6.66. The van der Waals surface area contributed by atoms with E-state index in [1.165, 1.54) is 0 Å². The maximum Gasteiger partial charge on any atom is 0.250 e. The summed E-state index contributed by atoms with van der Waals surface area (Å²) in [7, 11) is 0. The third-order valence-electron chi connectivity index (χ3n) is 5.60. The second-order valence-corrected chi connectivity index (χ2v) is 7.01. The standard InChI is InChI=1S/C18H22N2O2/c1-12-17(2,3)14-8-9-18(12,10-14)16(22)20-19-11-13-4-6-15(21)7-5-13/h4-7,11,14,21H,1,8-10H2,2-3H3,(H,20,22)/b19-11-/t14-,18-/m0/s1. The Morgan fingerprint density at radius 1 is 1.41 bits per heavy atom. The molecule has 22 heavy (non-hydrogen) atoms. The first-order valence-corrected chi connectivity index (χ1v) is 7.69. The molecular weight excluding hydrogens is 276 g/mol. The molecule has 0 heterocycles. The summed E-state index contributed by atoms with van der Waals surface area (Å²) in [6.45, 7) is 8.60. The van der Waals surface area contributed by atoms with E-state index in [2.05, 4.69) is 31.0 Å². The molecule has 2 fully saturated rings. The number of hydrogen-bond donors (Lipinski definition) is 2. The number of benzene rings is 1. The average molecular weight is 298 g/mol. The van der Waals surface area contributed by atoms with E-state index in [0.717, 1.165) is 30.4 Å². The molecule has 0 aliphatic heterocycles. The molecule has 3 rings (SSSR count). The number of fused-ring (bicyclic) bond motifs is 2. The SMILES string of the molecule is C=C1C(C)(C)[C@H]2CC[C@]1(C(=O)N/N=C\c1ccc(O)cc1)C2. The van der Waals surface area contributed by atoms with Crippen molar-refractivity contribution in [1.82, 2.24) is 5.43 Å². The van der Waals surface area contributed by atoms with Crippen LogP contribution in [-0.2, 0) is 4.79 Å². The van der Waals surface area contributed by atoms with Crippen LogP contribution in [0, 0.1) is 16.7 Å². The van der Waals surface area contributed by atoms with Crippen molar-refractivity contribution < 1.29 is 9.90 Å². The number of rotatable bonds is 3. The molecule has 4 nitrogen and oxygen atoms in total. The third-order valence-corrected chi connectivity index (χ3v) is 5.60. The molecule has 0 spiro atoms. The molecule has 2 aliphatic carbocycles. The van der Waals surface area contributed by atoms with Gasteiger partial charge in [-0.1, -0.05) is 26.0 Å². The fourth-order valence-electron chi connectivity index (χ4n) is 3.97. The first-order valence-electron chi connectivity index (χ1n) is 7.69. The predicted molar refractivity (Wildman–Crippen MR) is 86.5 cm³/mol. The lowest BCUT2D eigenvalue weighted by molar-refractivity contribution is -0.128. The average Bonchev–Trinajstić information content (AvgIpc) is 3.01. The molecule has 4 heteroatoms. The van der Waals surface area contributed by atoms with E-state index in [4.69, 9.17) is 0 Å². The van der Waals surface area contributed by atoms with E-state index in [9.17, 15) is 9.90 Å². The van der Waals surface area contributed by atoms with Crippen LogP contribution in [0.1, 0.15) is 38.7 Å². The molecule has 0 aromatic heterocycles. The largest absolute Gasteiger partial charge is 0.508 e. The summed E-state index contributed by atoms with van der Waals surface area (Å²) >= 11 is 0. The number of hydrogen-bond acceptors (Lipinski definition) is 3. The predicted octanol–water partition coefficient (Wildman–Crippen LogP) is 3.22. The number of phenols is 1. The number of aromatic hydroxyl groups is 1. The molecule has 2 atom stereocenters. The quantitative estimate of drug-likeness (QED) is 0.511. The van der Waals surface area contributed by atoms with Crippen molar-refractivity contribution in [3.05, 3.63) is 42.0 Å². The lowest BCUT2D eigenvalue weighted by Gasteiger charge is -2.36. The first kappa shape index (κ1) is 14.8. The summed E-state index contributed by atoms with van der Waals surface area (Å²) in [5.41, 5.74) is 4.15. The highest BCUT2D eigenvalue weighted by Crippen LogP contribution is 2.65. The summed E-state index contributed by atoms with van der Waals surface area (Å²) in [5, 5.41) is 13.3. The Bertz CT molecular complexity index is 646. The minimum atomic E-state index is -0.444. The molecule has 0 unspecified atom stereocenters. The number of carbonyl (C=O) groups is 1. The highest BCUT2D eigenvalue weighted by molar-refractivity contribution is 5.89. The number of phenolic OH excluding ortho intramolecular Hbond substituents is 1. The normalized spacial score (nSPS) is 29.2. The van der Waals surface area contributed by atoms with Gasteiger partial charge in [0.25, 0.3) is 0 Å². The maximum atomic E-state index is 12.6. The molecule has 2 aliphatic rings. The number of nitrogens with zero attached hydrogens (tertiary/aromatic N) is 1. The minimum absolute atomic E-state index is 0.0380. The van der Waals surface area contributed by atoms with Gasteiger partial charge in [-0.2, -0.15) is 5.10 Å². The Morgan fingerprint density at radius 3 is 2.68 bits per heavy atom. The van der Waals surface area contributed by atoms with E-state index < -0.39 is 5.41 Å². The van der Waals surface area contributed by atoms with E-state index in [-0.39, 0.29) is 17.1 Å². The third kappa shape index (κ3) is 2.14. The van der Waals surface area contributed by atoms with Crippen molar-refractivity contribution >= 4 is 12.1 Å². The molecule has 2 saturated carbocycles. The number of hydrazone groups is 1. The summed E-state index contributed by atoms with van der Waals surface area (Å²) in [4.78, 5) is 12.6. The van der Waals surface area contributed by atoms with Crippen molar-refractivity contribution in [2.24, 2.45) is 21.8 Å². The van der Waals surface area contributed by atoms with Crippen LogP contribution in [0.4, 0.5) is 0 Å². The van der Waals surface area contributed by atoms with Gasteiger partial charge in [0.2, 0.25) is 5.91 Å². The molecular formula is C18H22N2O2. The number of carbonyl (C=O) groups excluding carboxylic acids is 1. The van der Waals surface area contributed by atoms with Crippen molar-refractivity contribution in [3.8, 4) is 5.75 Å². The summed E-state index contributed by atoms with van der Waals surface area (Å²) in [5.74, 6) is 0.717. The van der Waals surface area contributed by atoms with Gasteiger partial charge in [0, 0.05) is 0 Å². The second kappa shape index (κ2) is 4.97. The minimum Gasteiger partial charge on any atom is -0.508 e. The van der Waals surface area contributed by atoms with Gasteiger partial charge < -0.3 is 5.11 Å². The van der Waals surface area contributed by atoms with Crippen LogP contribution < -0.4 is 5.43 Å². The fraction of sp³-hybridized carbons (Fsp3) is 0.444. The van der Waals surface area contributed by atoms with Crippen LogP contribution >= 0.6 is 0 Å². The summed E-state index contributed by atoms with van der Waals surface area (Å²) in [6.07, 6.45) is 4.43. The zero-order chi connectivity index (χ0) is 16.0. The molecule has 1 aromatic rings. The molecule has 1 amide bonds. The molecule has 2 N–H and O–H groups in total. The number of nitrogens with one attached hydrogen (secondary N) is 1. The van der Waals surface area contributed by atoms with Crippen LogP contribution in [0.25, 0.3) is 0 Å². The summed E-state index contributed by atoms with van der Waals surface area (Å²) < 4.78 is 0. The van der Waals surface area contributed by atoms with Crippen LogP contribution in [0.15, 0.2) is 41.5 Å². The molecule has 0 saturated heterocycles. The van der Waals surface area contributed by atoms with E-state index in [1.54, 1.807) is 30.5 Å². The van der Waals surface area contributed by atoms with Gasteiger partial charge in [0.05, 0.1) is 11.6 Å². The molecule has 1 aromatic carbocycles. The molecule has 2 bridgehead atoms. The maximum absolute atomic E-state index is 12.6. The topological polar surface area (TPSA) is 61.7 Å². The van der Waals surface area contributed by atoms with Crippen LogP contribution in [-0.4, -0.2) is 17.2 Å². The lowest BCUT2D eigenvalue weighted by Crippen LogP contribution is -2.39. The van der Waals surface area contributed by atoms with Gasteiger partial charge in [-0.3, -0.25) is 4.79 Å². The Balaban J connectivity index is 1.70. The van der Waals surface area contributed by atoms with Crippen LogP contribution in [0.5, 0.6) is 5.75 Å². The zero-order valence-electron chi connectivity index (χ0n) is 13.1. The Kier molecular flexibility index (Phi) is 3.35. The Labute approximate surface area is 130 Å². The highest BCUT2D eigenvalue weighted by Gasteiger charge is 2.60. The van der Waals surface area contributed by atoms with Crippen LogP contribution in [0.3, 0.4) is 0 Å². The van der Waals surface area contributed by atoms with Gasteiger partial charge in [-0.25, -0.2) is 5.43 Å². The van der Waals surface area contributed by atoms with Gasteiger partial charge in [0.1, 0.15) is 5.75 Å². The van der Waals surface area contributed by atoms with Crippen molar-refractivity contribution in [2.45, 2.75) is 33.1 Å². The Hall–Kier alpha value is -2.10. The molecule has 116 valence electrons. The van der Waals surface area contributed by atoms with Gasteiger partial charge >= 0.3 is 0 Å². The van der Waals surface area contributed by atoms with Crippen molar-refractivity contribution in [2.75, 3.05) is 0 Å². The van der Waals surface area contributed by atoms with Gasteiger partial charge in [-0.15, -0.1) is 0 Å². The monoisotopic (exact) mass is 298 g/mol. The first-order chi connectivity index (χ1) is 10.4. The van der Waals surface area contributed by atoms with Crippen molar-refractivity contribution in [1.29, 1.82) is 0 Å². The smallest absolute Gasteiger partial charge is 0.250 e. The highest BCUT2D eigenvalue weighted by atomic mass is 16.3. The second-order valence-electron chi connectivity index (χ2n) is 7.01. The van der Waals surface area contributed by atoms with Gasteiger partial charge in [-0.05, 0) is 60.4 Å². The van der Waals surface area contributed by atoms with E-state index in [0.29, 0.717) is 5.92 Å². The van der Waals surface area contributed by atoms with Crippen molar-refractivity contribution in [3.63, 3.8) is 0 Å². The fourth-order valence-corrected chi connectivity index (χ4v) is 3.97.